The number of halogens is 3. The highest BCUT2D eigenvalue weighted by molar-refractivity contribution is 7.92. The molecule has 0 fully saturated rings. The van der Waals surface area contributed by atoms with Crippen LogP contribution in [0.3, 0.4) is 0 Å². The van der Waals surface area contributed by atoms with Crippen LogP contribution in [0.25, 0.3) is 0 Å². The Labute approximate surface area is 158 Å². The summed E-state index contributed by atoms with van der Waals surface area (Å²) in [4.78, 5) is 9.98. The van der Waals surface area contributed by atoms with E-state index >= 15 is 0 Å². The topological polar surface area (TPSA) is 99.0 Å². The van der Waals surface area contributed by atoms with Crippen LogP contribution in [0.2, 0.25) is 0 Å². The number of nitro groups is 1. The zero-order valence-electron chi connectivity index (χ0n) is 14.9. The summed E-state index contributed by atoms with van der Waals surface area (Å²) in [7, 11) is -1.93. The van der Waals surface area contributed by atoms with E-state index in [-0.39, 0.29) is 11.5 Å². The molecular weight excluding hydrogens is 405 g/mol. The second-order valence-electron chi connectivity index (χ2n) is 5.54. The van der Waals surface area contributed by atoms with Crippen LogP contribution >= 0.6 is 0 Å². The molecule has 8 nitrogen and oxygen atoms in total. The Morgan fingerprint density at radius 3 is 2.18 bits per heavy atom. The highest BCUT2D eigenvalue weighted by Crippen LogP contribution is 2.38. The molecule has 12 heteroatoms. The highest BCUT2D eigenvalue weighted by atomic mass is 32.2. The van der Waals surface area contributed by atoms with E-state index in [2.05, 4.69) is 0 Å². The van der Waals surface area contributed by atoms with Crippen molar-refractivity contribution in [2.75, 3.05) is 24.8 Å². The number of ether oxygens (including phenoxy) is 2. The highest BCUT2D eigenvalue weighted by Gasteiger charge is 2.29. The van der Waals surface area contributed by atoms with E-state index in [1.165, 1.54) is 7.11 Å². The van der Waals surface area contributed by atoms with Gasteiger partial charge in [0.25, 0.3) is 0 Å². The minimum atomic E-state index is -4.20. The number of sulfonamides is 1. The average molecular weight is 420 g/mol. The lowest BCUT2D eigenvalue weighted by atomic mass is 10.1. The molecule has 28 heavy (non-hydrogen) atoms. The predicted molar refractivity (Wildman–Crippen MR) is 93.5 cm³/mol. The van der Waals surface area contributed by atoms with Crippen molar-refractivity contribution in [2.45, 2.75) is 6.54 Å². The van der Waals surface area contributed by atoms with Crippen molar-refractivity contribution in [1.82, 2.24) is 0 Å². The van der Waals surface area contributed by atoms with Gasteiger partial charge < -0.3 is 9.47 Å². The van der Waals surface area contributed by atoms with Crippen LogP contribution in [0, 0.1) is 27.6 Å². The molecule has 0 aliphatic rings. The van der Waals surface area contributed by atoms with E-state index in [0.717, 1.165) is 25.5 Å². The molecule has 0 heterocycles. The molecule has 0 radical (unpaired) electrons. The molecule has 0 saturated carbocycles. The van der Waals surface area contributed by atoms with Crippen molar-refractivity contribution >= 4 is 21.4 Å². The lowest BCUT2D eigenvalue weighted by Crippen LogP contribution is -2.30. The molecule has 0 aliphatic carbocycles. The Hall–Kier alpha value is -3.02. The summed E-state index contributed by atoms with van der Waals surface area (Å²) in [5.41, 5.74) is -1.90. The summed E-state index contributed by atoms with van der Waals surface area (Å²) in [6.45, 7) is -0.787. The van der Waals surface area contributed by atoms with Crippen molar-refractivity contribution in [1.29, 1.82) is 0 Å². The molecule has 0 atom stereocenters. The lowest BCUT2D eigenvalue weighted by molar-refractivity contribution is -0.387. The summed E-state index contributed by atoms with van der Waals surface area (Å²) < 4.78 is 76.8. The van der Waals surface area contributed by atoms with Gasteiger partial charge in [-0.2, -0.15) is 4.39 Å². The van der Waals surface area contributed by atoms with Gasteiger partial charge in [-0.15, -0.1) is 0 Å². The largest absolute Gasteiger partial charge is 0.496 e. The van der Waals surface area contributed by atoms with Crippen LogP contribution in [0.15, 0.2) is 24.3 Å². The molecule has 152 valence electrons. The van der Waals surface area contributed by atoms with Crippen LogP contribution in [-0.4, -0.2) is 33.8 Å². The van der Waals surface area contributed by atoms with Crippen molar-refractivity contribution in [3.8, 4) is 11.5 Å². The molecule has 0 saturated heterocycles. The number of rotatable bonds is 7. The molecule has 0 N–H and O–H groups in total. The molecule has 0 aliphatic heterocycles. The fraction of sp³-hybridized carbons (Fsp3) is 0.250. The third-order valence-corrected chi connectivity index (χ3v) is 4.92. The summed E-state index contributed by atoms with van der Waals surface area (Å²) in [6.07, 6.45) is 0.741. The first-order valence-electron chi connectivity index (χ1n) is 7.51. The summed E-state index contributed by atoms with van der Waals surface area (Å²) in [6, 6.07) is 3.16. The maximum atomic E-state index is 14.3. The first-order valence-corrected chi connectivity index (χ1v) is 9.36. The third kappa shape index (κ3) is 4.11. The van der Waals surface area contributed by atoms with Gasteiger partial charge in [-0.25, -0.2) is 17.2 Å². The Balaban J connectivity index is 2.73. The van der Waals surface area contributed by atoms with Crippen molar-refractivity contribution in [2.24, 2.45) is 0 Å². The normalized spacial score (nSPS) is 11.2. The third-order valence-electron chi connectivity index (χ3n) is 3.79. The Kier molecular flexibility index (Phi) is 6.02. The van der Waals surface area contributed by atoms with Crippen molar-refractivity contribution in [3.05, 3.63) is 57.4 Å². The van der Waals surface area contributed by atoms with Gasteiger partial charge in [0.1, 0.15) is 17.2 Å². The Bertz CT molecular complexity index is 1030. The second-order valence-corrected chi connectivity index (χ2v) is 7.45. The molecule has 0 unspecified atom stereocenters. The Morgan fingerprint density at radius 1 is 1.07 bits per heavy atom. The molecule has 0 spiro atoms. The number of hydrogen-bond donors (Lipinski definition) is 0. The minimum absolute atomic E-state index is 0.150. The Morgan fingerprint density at radius 2 is 1.68 bits per heavy atom. The van der Waals surface area contributed by atoms with Gasteiger partial charge in [0.2, 0.25) is 15.8 Å². The number of benzene rings is 2. The summed E-state index contributed by atoms with van der Waals surface area (Å²) in [5, 5.41) is 11.0. The summed E-state index contributed by atoms with van der Waals surface area (Å²) in [5.74, 6) is -4.37. The van der Waals surface area contributed by atoms with Gasteiger partial charge in [-0.3, -0.25) is 14.4 Å². The SMILES string of the molecule is COc1cc(F)c([N+](=O)[O-])cc1N(Cc1c(OC)ccc(F)c1F)S(C)(=O)=O. The molecule has 0 amide bonds. The fourth-order valence-corrected chi connectivity index (χ4v) is 3.33. The van der Waals surface area contributed by atoms with Crippen molar-refractivity contribution in [3.63, 3.8) is 0 Å². The number of hydrogen-bond acceptors (Lipinski definition) is 6. The first kappa shape index (κ1) is 21.3. The molecule has 2 aromatic carbocycles. The molecule has 0 aromatic heterocycles. The second kappa shape index (κ2) is 7.92. The number of anilines is 1. The maximum absolute atomic E-state index is 14.3. The van der Waals surface area contributed by atoms with Crippen LogP contribution < -0.4 is 13.8 Å². The molecule has 2 rings (SSSR count). The van der Waals surface area contributed by atoms with Crippen molar-refractivity contribution < 1.29 is 36.0 Å². The van der Waals surface area contributed by atoms with E-state index in [1.54, 1.807) is 0 Å². The molecule has 2 aromatic rings. The lowest BCUT2D eigenvalue weighted by Gasteiger charge is -2.25. The quantitative estimate of drug-likeness (QED) is 0.504. The van der Waals surface area contributed by atoms with E-state index in [0.29, 0.717) is 16.4 Å². The first-order chi connectivity index (χ1) is 13.0. The number of methoxy groups -OCH3 is 2. The zero-order valence-corrected chi connectivity index (χ0v) is 15.7. The van der Waals surface area contributed by atoms with E-state index < -0.39 is 55.9 Å². The standard InChI is InChI=1S/C16H15F3N2O6S/c1-26-14-5-4-10(17)16(19)9(14)8-20(28(3,24)25)13-7-12(21(22)23)11(18)6-15(13)27-2/h4-7H,8H2,1-3H3. The zero-order chi connectivity index (χ0) is 21.2. The smallest absolute Gasteiger partial charge is 0.307 e. The van der Waals surface area contributed by atoms with E-state index in [9.17, 15) is 31.7 Å². The monoisotopic (exact) mass is 420 g/mol. The predicted octanol–water partition coefficient (Wildman–Crippen LogP) is 3.00. The van der Waals surface area contributed by atoms with Crippen LogP contribution in [-0.2, 0) is 16.6 Å². The molecule has 0 bridgehead atoms. The van der Waals surface area contributed by atoms with Crippen LogP contribution in [0.1, 0.15) is 5.56 Å². The maximum Gasteiger partial charge on any atom is 0.307 e. The fourth-order valence-electron chi connectivity index (χ4n) is 2.47. The van der Waals surface area contributed by atoms with Gasteiger partial charge >= 0.3 is 5.69 Å². The van der Waals surface area contributed by atoms with Gasteiger partial charge in [0.15, 0.2) is 11.6 Å². The van der Waals surface area contributed by atoms with E-state index in [1.807, 2.05) is 0 Å². The number of nitro benzene ring substituents is 1. The van der Waals surface area contributed by atoms with Gasteiger partial charge in [0, 0.05) is 12.1 Å². The van der Waals surface area contributed by atoms with Crippen LogP contribution in [0.5, 0.6) is 11.5 Å². The van der Waals surface area contributed by atoms with E-state index in [4.69, 9.17) is 9.47 Å². The number of nitrogens with zero attached hydrogens (tertiary/aromatic N) is 2. The average Bonchev–Trinajstić information content (AvgIpc) is 2.61. The van der Waals surface area contributed by atoms with Gasteiger partial charge in [0.05, 0.1) is 37.5 Å². The van der Waals surface area contributed by atoms with Gasteiger partial charge in [-0.05, 0) is 12.1 Å². The van der Waals surface area contributed by atoms with Gasteiger partial charge in [-0.1, -0.05) is 0 Å². The molecular formula is C16H15F3N2O6S. The summed E-state index contributed by atoms with van der Waals surface area (Å²) >= 11 is 0. The van der Waals surface area contributed by atoms with Crippen LogP contribution in [0.4, 0.5) is 24.5 Å². The minimum Gasteiger partial charge on any atom is -0.496 e.